The van der Waals surface area contributed by atoms with Gasteiger partial charge in [0.05, 0.1) is 27.2 Å². The fourth-order valence-electron chi connectivity index (χ4n) is 4.89. The van der Waals surface area contributed by atoms with Gasteiger partial charge in [0.2, 0.25) is 5.91 Å². The molecule has 0 aliphatic heterocycles. The minimum Gasteiger partial charge on any atom is -0.337 e. The second kappa shape index (κ2) is 9.45. The molecule has 0 unspecified atom stereocenters. The van der Waals surface area contributed by atoms with E-state index in [2.05, 4.69) is 30.5 Å². The van der Waals surface area contributed by atoms with Crippen LogP contribution in [-0.4, -0.2) is 41.8 Å². The lowest BCUT2D eigenvalue weighted by Crippen LogP contribution is -2.28. The number of carbonyl (C=O) groups is 2. The number of halogens is 1. The third kappa shape index (κ3) is 4.15. The molecule has 5 aromatic heterocycles. The Hall–Kier alpha value is -4.77. The van der Waals surface area contributed by atoms with Gasteiger partial charge in [0.25, 0.3) is 0 Å². The third-order valence-electron chi connectivity index (χ3n) is 7.25. The molecule has 5 heterocycles. The normalized spacial score (nSPS) is 13.6. The van der Waals surface area contributed by atoms with Gasteiger partial charge in [-0.25, -0.2) is 9.37 Å². The molecule has 11 heteroatoms. The first-order chi connectivity index (χ1) is 19.4. The number of Topliss-reactive ketones (excluding diaryl/α,β-unsaturated/α-hetero) is 1. The number of nitrogens with zero attached hydrogens (tertiary/aromatic N) is 4. The monoisotopic (exact) mass is 551 g/mol. The smallest absolute Gasteiger partial charge is 0.227 e. The zero-order valence-corrected chi connectivity index (χ0v) is 22.1. The van der Waals surface area contributed by atoms with Crippen molar-refractivity contribution < 1.29 is 14.0 Å². The van der Waals surface area contributed by atoms with Crippen LogP contribution in [0.4, 0.5) is 10.1 Å². The molecule has 6 aromatic rings. The third-order valence-corrected chi connectivity index (χ3v) is 8.44. The SMILES string of the molecule is CC(=O)c1ccc(-c2nccc3[nH]c(-c4[nH]nc5c(F)cc(-c6cncc(NC(=O)C7CCC7)c6)cc45)nc23)s1. The van der Waals surface area contributed by atoms with Gasteiger partial charge in [-0.1, -0.05) is 6.42 Å². The largest absolute Gasteiger partial charge is 0.337 e. The van der Waals surface area contributed by atoms with Crippen molar-refractivity contribution in [2.24, 2.45) is 5.92 Å². The number of fused-ring (bicyclic) bond motifs is 2. The Morgan fingerprint density at radius 3 is 2.73 bits per heavy atom. The maximum Gasteiger partial charge on any atom is 0.227 e. The first kappa shape index (κ1) is 24.3. The minimum absolute atomic E-state index is 0.00520. The summed E-state index contributed by atoms with van der Waals surface area (Å²) in [5, 5.41) is 10.6. The highest BCUT2D eigenvalue weighted by atomic mass is 32.1. The summed E-state index contributed by atoms with van der Waals surface area (Å²) < 4.78 is 15.2. The molecule has 1 aliphatic carbocycles. The molecule has 1 aromatic carbocycles. The topological polar surface area (TPSA) is 129 Å². The van der Waals surface area contributed by atoms with Crippen LogP contribution in [0.25, 0.3) is 55.2 Å². The molecule has 0 spiro atoms. The van der Waals surface area contributed by atoms with Crippen LogP contribution < -0.4 is 5.32 Å². The highest BCUT2D eigenvalue weighted by Crippen LogP contribution is 2.36. The summed E-state index contributed by atoms with van der Waals surface area (Å²) in [6.45, 7) is 1.53. The Morgan fingerprint density at radius 2 is 1.95 bits per heavy atom. The van der Waals surface area contributed by atoms with Crippen LogP contribution >= 0.6 is 11.3 Å². The number of imidazole rings is 1. The number of anilines is 1. The zero-order chi connectivity index (χ0) is 27.4. The summed E-state index contributed by atoms with van der Waals surface area (Å²) in [6, 6.07) is 10.5. The van der Waals surface area contributed by atoms with Crippen LogP contribution in [0.3, 0.4) is 0 Å². The van der Waals surface area contributed by atoms with Gasteiger partial charge in [-0.3, -0.25) is 24.7 Å². The molecule has 1 saturated carbocycles. The van der Waals surface area contributed by atoms with Gasteiger partial charge in [0, 0.05) is 29.3 Å². The van der Waals surface area contributed by atoms with E-state index in [9.17, 15) is 9.59 Å². The Morgan fingerprint density at radius 1 is 1.07 bits per heavy atom. The molecule has 1 fully saturated rings. The lowest BCUT2D eigenvalue weighted by atomic mass is 9.85. The van der Waals surface area contributed by atoms with Gasteiger partial charge in [-0.2, -0.15) is 5.10 Å². The molecule has 9 nitrogen and oxygen atoms in total. The Balaban J connectivity index is 1.28. The number of amides is 1. The number of hydrogen-bond acceptors (Lipinski definition) is 7. The van der Waals surface area contributed by atoms with Gasteiger partial charge in [0.15, 0.2) is 17.4 Å². The van der Waals surface area contributed by atoms with Crippen LogP contribution in [0.15, 0.2) is 55.0 Å². The standard InChI is InChI=1S/C29H22FN7O2S/c1-14(38)22-5-6-23(40-22)27-26-21(7-8-32-27)34-28(35-26)25-19-10-16(11-20(30)24(19)36-37-25)17-9-18(13-31-12-17)33-29(39)15-3-2-4-15/h5-13,15H,2-4H2,1H3,(H,33,39)(H,34,35)(H,36,37). The molecule has 1 amide bonds. The Bertz CT molecular complexity index is 1950. The Labute approximate surface area is 230 Å². The van der Waals surface area contributed by atoms with Crippen molar-refractivity contribution in [3.63, 3.8) is 0 Å². The Kier molecular flexibility index (Phi) is 5.74. The summed E-state index contributed by atoms with van der Waals surface area (Å²) in [6.07, 6.45) is 7.77. The number of aromatic nitrogens is 6. The van der Waals surface area contributed by atoms with Crippen molar-refractivity contribution >= 4 is 50.7 Å². The highest BCUT2D eigenvalue weighted by Gasteiger charge is 2.25. The summed E-state index contributed by atoms with van der Waals surface area (Å²) in [4.78, 5) is 42.6. The quantitative estimate of drug-likeness (QED) is 0.206. The van der Waals surface area contributed by atoms with Gasteiger partial charge >= 0.3 is 0 Å². The molecule has 198 valence electrons. The van der Waals surface area contributed by atoms with Crippen molar-refractivity contribution in [2.45, 2.75) is 26.2 Å². The van der Waals surface area contributed by atoms with Crippen molar-refractivity contribution in [1.29, 1.82) is 0 Å². The lowest BCUT2D eigenvalue weighted by molar-refractivity contribution is -0.122. The molecular weight excluding hydrogens is 529 g/mol. The molecule has 40 heavy (non-hydrogen) atoms. The second-order valence-electron chi connectivity index (χ2n) is 9.89. The van der Waals surface area contributed by atoms with Gasteiger partial charge in [0.1, 0.15) is 22.4 Å². The molecule has 0 atom stereocenters. The van der Waals surface area contributed by atoms with Crippen LogP contribution in [-0.2, 0) is 4.79 Å². The minimum atomic E-state index is -0.493. The molecule has 1 aliphatic rings. The van der Waals surface area contributed by atoms with E-state index < -0.39 is 5.82 Å². The van der Waals surface area contributed by atoms with Crippen molar-refractivity contribution in [1.82, 2.24) is 30.1 Å². The highest BCUT2D eigenvalue weighted by molar-refractivity contribution is 7.17. The first-order valence-corrected chi connectivity index (χ1v) is 13.7. The van der Waals surface area contributed by atoms with Gasteiger partial charge < -0.3 is 10.3 Å². The molecule has 0 saturated heterocycles. The molecule has 3 N–H and O–H groups in total. The van der Waals surface area contributed by atoms with Crippen LogP contribution in [0.1, 0.15) is 35.9 Å². The number of pyridine rings is 2. The van der Waals surface area contributed by atoms with E-state index in [0.717, 1.165) is 29.7 Å². The molecule has 0 bridgehead atoms. The maximum atomic E-state index is 15.2. The van der Waals surface area contributed by atoms with Gasteiger partial charge in [-0.05, 0) is 61.7 Å². The van der Waals surface area contributed by atoms with E-state index in [-0.39, 0.29) is 23.1 Å². The van der Waals surface area contributed by atoms with Gasteiger partial charge in [-0.15, -0.1) is 11.3 Å². The van der Waals surface area contributed by atoms with E-state index in [4.69, 9.17) is 4.98 Å². The number of rotatable bonds is 6. The number of ketones is 1. The van der Waals surface area contributed by atoms with Crippen LogP contribution in [0.2, 0.25) is 0 Å². The van der Waals surface area contributed by atoms with E-state index in [1.165, 1.54) is 24.3 Å². The lowest BCUT2D eigenvalue weighted by Gasteiger charge is -2.24. The van der Waals surface area contributed by atoms with E-state index in [1.54, 1.807) is 30.7 Å². The summed E-state index contributed by atoms with van der Waals surface area (Å²) in [7, 11) is 0. The number of nitrogens with one attached hydrogen (secondary N) is 3. The zero-order valence-electron chi connectivity index (χ0n) is 21.3. The maximum absolute atomic E-state index is 15.2. The second-order valence-corrected chi connectivity index (χ2v) is 11.0. The average molecular weight is 552 g/mol. The molecule has 7 rings (SSSR count). The number of aromatic amines is 2. The average Bonchev–Trinajstić information content (AvgIpc) is 3.65. The first-order valence-electron chi connectivity index (χ1n) is 12.8. The van der Waals surface area contributed by atoms with E-state index >= 15 is 4.39 Å². The molecule has 0 radical (unpaired) electrons. The molecular formula is C29H22FN7O2S. The summed E-state index contributed by atoms with van der Waals surface area (Å²) in [5.74, 6) is 0.0117. The fraction of sp³-hybridized carbons (Fsp3) is 0.172. The number of carbonyl (C=O) groups excluding carboxylic acids is 2. The summed E-state index contributed by atoms with van der Waals surface area (Å²) >= 11 is 1.36. The number of hydrogen-bond donors (Lipinski definition) is 3. The number of thiophene rings is 1. The van der Waals surface area contributed by atoms with Crippen LogP contribution in [0.5, 0.6) is 0 Å². The predicted octanol–water partition coefficient (Wildman–Crippen LogP) is 6.37. The van der Waals surface area contributed by atoms with Crippen molar-refractivity contribution in [3.05, 3.63) is 65.7 Å². The van der Waals surface area contributed by atoms with Crippen molar-refractivity contribution in [2.75, 3.05) is 5.32 Å². The van der Waals surface area contributed by atoms with E-state index in [1.807, 2.05) is 18.2 Å². The number of H-pyrrole nitrogens is 2. The number of benzene rings is 1. The fourth-order valence-corrected chi connectivity index (χ4v) is 5.79. The van der Waals surface area contributed by atoms with Crippen LogP contribution in [0, 0.1) is 11.7 Å². The van der Waals surface area contributed by atoms with Crippen molar-refractivity contribution in [3.8, 4) is 33.2 Å². The predicted molar refractivity (Wildman–Crippen MR) is 151 cm³/mol. The van der Waals surface area contributed by atoms with E-state index in [0.29, 0.717) is 49.8 Å². The summed E-state index contributed by atoms with van der Waals surface area (Å²) in [5.41, 5.74) is 4.56.